The summed E-state index contributed by atoms with van der Waals surface area (Å²) >= 11 is 1.55. The summed E-state index contributed by atoms with van der Waals surface area (Å²) in [6, 6.07) is 1.79. The molecule has 0 saturated carbocycles. The van der Waals surface area contributed by atoms with E-state index >= 15 is 0 Å². The first-order chi connectivity index (χ1) is 6.77. The lowest BCUT2D eigenvalue weighted by atomic mass is 10.2. The lowest BCUT2D eigenvalue weighted by Crippen LogP contribution is -1.85. The zero-order valence-electron chi connectivity index (χ0n) is 8.01. The van der Waals surface area contributed by atoms with E-state index in [0.717, 1.165) is 10.0 Å². The molecule has 5 heteroatoms. The van der Waals surface area contributed by atoms with E-state index in [2.05, 4.69) is 34.0 Å². The van der Waals surface area contributed by atoms with Gasteiger partial charge in [-0.1, -0.05) is 25.2 Å². The summed E-state index contributed by atoms with van der Waals surface area (Å²) < 4.78 is 0. The predicted molar refractivity (Wildman–Crippen MR) is 55.0 cm³/mol. The van der Waals surface area contributed by atoms with Crippen LogP contribution in [-0.4, -0.2) is 20.2 Å². The van der Waals surface area contributed by atoms with Crippen molar-refractivity contribution in [1.82, 2.24) is 20.2 Å². The Morgan fingerprint density at radius 3 is 2.43 bits per heavy atom. The van der Waals surface area contributed by atoms with E-state index in [1.807, 2.05) is 0 Å². The van der Waals surface area contributed by atoms with Gasteiger partial charge in [-0.2, -0.15) is 0 Å². The zero-order chi connectivity index (χ0) is 9.97. The number of nitrogens with zero attached hydrogens (tertiary/aromatic N) is 4. The molecule has 72 valence electrons. The molecule has 0 bridgehead atoms. The molecular formula is C9H10N4S. The molecule has 0 aromatic carbocycles. The molecule has 0 radical (unpaired) electrons. The molecule has 0 spiro atoms. The summed E-state index contributed by atoms with van der Waals surface area (Å²) in [6.45, 7) is 4.19. The van der Waals surface area contributed by atoms with Crippen LogP contribution in [0.4, 0.5) is 0 Å². The maximum atomic E-state index is 4.12. The van der Waals surface area contributed by atoms with Crippen LogP contribution in [0.5, 0.6) is 0 Å². The lowest BCUT2D eigenvalue weighted by molar-refractivity contribution is 0.825. The van der Waals surface area contributed by atoms with Crippen molar-refractivity contribution in [3.63, 3.8) is 0 Å². The van der Waals surface area contributed by atoms with Crippen molar-refractivity contribution in [2.45, 2.75) is 19.8 Å². The third-order valence-corrected chi connectivity index (χ3v) is 2.91. The minimum atomic E-state index is 0.407. The monoisotopic (exact) mass is 206 g/mol. The smallest absolute Gasteiger partial charge is 0.190 e. The van der Waals surface area contributed by atoms with Crippen LogP contribution in [0.3, 0.4) is 0 Å². The maximum absolute atomic E-state index is 4.12. The molecular weight excluding hydrogens is 196 g/mol. The second-order valence-corrected chi connectivity index (χ2v) is 4.18. The fourth-order valence-corrected chi connectivity index (χ4v) is 1.76. The number of hydrogen-bond donors (Lipinski definition) is 0. The van der Waals surface area contributed by atoms with E-state index < -0.39 is 0 Å². The van der Waals surface area contributed by atoms with Crippen molar-refractivity contribution >= 4 is 11.3 Å². The average molecular weight is 206 g/mol. The van der Waals surface area contributed by atoms with E-state index in [-0.39, 0.29) is 0 Å². The molecule has 0 aliphatic carbocycles. The van der Waals surface area contributed by atoms with Crippen LogP contribution in [0.2, 0.25) is 0 Å². The van der Waals surface area contributed by atoms with Crippen molar-refractivity contribution in [3.05, 3.63) is 23.5 Å². The standard InChI is InChI=1S/C9H10N4S/c1-6(2)8-12-13-9(14-8)7-10-4-3-5-11-7/h3-6H,1-2H3. The second-order valence-electron chi connectivity index (χ2n) is 3.17. The molecule has 0 aliphatic heterocycles. The topological polar surface area (TPSA) is 51.6 Å². The Kier molecular flexibility index (Phi) is 2.49. The van der Waals surface area contributed by atoms with Gasteiger partial charge in [0.15, 0.2) is 10.8 Å². The minimum absolute atomic E-state index is 0.407. The number of hydrogen-bond acceptors (Lipinski definition) is 5. The van der Waals surface area contributed by atoms with Crippen LogP contribution in [0.15, 0.2) is 18.5 Å². The third-order valence-electron chi connectivity index (χ3n) is 1.69. The van der Waals surface area contributed by atoms with Gasteiger partial charge in [-0.25, -0.2) is 9.97 Å². The average Bonchev–Trinajstić information content (AvgIpc) is 2.68. The summed E-state index contributed by atoms with van der Waals surface area (Å²) in [7, 11) is 0. The van der Waals surface area contributed by atoms with Gasteiger partial charge in [-0.05, 0) is 6.07 Å². The highest BCUT2D eigenvalue weighted by Crippen LogP contribution is 2.24. The molecule has 14 heavy (non-hydrogen) atoms. The molecule has 0 atom stereocenters. The molecule has 0 fully saturated rings. The van der Waals surface area contributed by atoms with Crippen LogP contribution >= 0.6 is 11.3 Å². The van der Waals surface area contributed by atoms with Gasteiger partial charge < -0.3 is 0 Å². The van der Waals surface area contributed by atoms with Gasteiger partial charge in [0.1, 0.15) is 5.01 Å². The van der Waals surface area contributed by atoms with E-state index in [0.29, 0.717) is 11.7 Å². The first kappa shape index (κ1) is 9.21. The van der Waals surface area contributed by atoms with Gasteiger partial charge in [0.2, 0.25) is 0 Å². The summed E-state index contributed by atoms with van der Waals surface area (Å²) in [5.74, 6) is 1.06. The third kappa shape index (κ3) is 1.77. The van der Waals surface area contributed by atoms with E-state index in [1.54, 1.807) is 29.8 Å². The van der Waals surface area contributed by atoms with Crippen molar-refractivity contribution in [2.24, 2.45) is 0 Å². The van der Waals surface area contributed by atoms with Gasteiger partial charge in [0, 0.05) is 18.3 Å². The lowest BCUT2D eigenvalue weighted by Gasteiger charge is -1.93. The Morgan fingerprint density at radius 2 is 1.86 bits per heavy atom. The zero-order valence-corrected chi connectivity index (χ0v) is 8.82. The van der Waals surface area contributed by atoms with Crippen LogP contribution in [0, 0.1) is 0 Å². The molecule has 0 aliphatic rings. The number of rotatable bonds is 2. The molecule has 0 unspecified atom stereocenters. The van der Waals surface area contributed by atoms with Crippen molar-refractivity contribution in [1.29, 1.82) is 0 Å². The van der Waals surface area contributed by atoms with Crippen LogP contribution < -0.4 is 0 Å². The van der Waals surface area contributed by atoms with E-state index in [4.69, 9.17) is 0 Å². The maximum Gasteiger partial charge on any atom is 0.190 e. The minimum Gasteiger partial charge on any atom is -0.234 e. The van der Waals surface area contributed by atoms with Crippen molar-refractivity contribution < 1.29 is 0 Å². The molecule has 2 aromatic heterocycles. The van der Waals surface area contributed by atoms with Crippen LogP contribution in [-0.2, 0) is 0 Å². The number of aromatic nitrogens is 4. The molecule has 2 heterocycles. The highest BCUT2D eigenvalue weighted by Gasteiger charge is 2.10. The van der Waals surface area contributed by atoms with Gasteiger partial charge in [-0.3, -0.25) is 0 Å². The summed E-state index contributed by atoms with van der Waals surface area (Å²) in [4.78, 5) is 8.24. The Balaban J connectivity index is 2.34. The molecule has 0 amide bonds. The normalized spacial score (nSPS) is 10.8. The first-order valence-corrected chi connectivity index (χ1v) is 5.20. The van der Waals surface area contributed by atoms with Crippen molar-refractivity contribution in [3.8, 4) is 10.8 Å². The fraction of sp³-hybridized carbons (Fsp3) is 0.333. The summed E-state index contributed by atoms with van der Waals surface area (Å²) in [5, 5.41) is 9.94. The molecule has 2 aromatic rings. The molecule has 0 N–H and O–H groups in total. The summed E-state index contributed by atoms with van der Waals surface area (Å²) in [6.07, 6.45) is 3.41. The van der Waals surface area contributed by atoms with Crippen LogP contribution in [0.1, 0.15) is 24.8 Å². The molecule has 4 nitrogen and oxygen atoms in total. The van der Waals surface area contributed by atoms with Crippen molar-refractivity contribution in [2.75, 3.05) is 0 Å². The predicted octanol–water partition coefficient (Wildman–Crippen LogP) is 2.12. The second kappa shape index (κ2) is 3.79. The van der Waals surface area contributed by atoms with E-state index in [9.17, 15) is 0 Å². The molecule has 2 rings (SSSR count). The Hall–Kier alpha value is -1.36. The Labute approximate surface area is 86.1 Å². The van der Waals surface area contributed by atoms with Gasteiger partial charge in [-0.15, -0.1) is 10.2 Å². The Bertz CT molecular complexity index is 410. The SMILES string of the molecule is CC(C)c1nnc(-c2ncccn2)s1. The fourth-order valence-electron chi connectivity index (χ4n) is 0.968. The molecule has 0 saturated heterocycles. The highest BCUT2D eigenvalue weighted by atomic mass is 32.1. The largest absolute Gasteiger partial charge is 0.234 e. The van der Waals surface area contributed by atoms with Gasteiger partial charge in [0.25, 0.3) is 0 Å². The van der Waals surface area contributed by atoms with Crippen LogP contribution in [0.25, 0.3) is 10.8 Å². The van der Waals surface area contributed by atoms with Gasteiger partial charge in [0.05, 0.1) is 0 Å². The summed E-state index contributed by atoms with van der Waals surface area (Å²) in [5.41, 5.74) is 0. The van der Waals surface area contributed by atoms with Gasteiger partial charge >= 0.3 is 0 Å². The first-order valence-electron chi connectivity index (χ1n) is 4.38. The quantitative estimate of drug-likeness (QED) is 0.755. The Morgan fingerprint density at radius 1 is 1.14 bits per heavy atom. The highest BCUT2D eigenvalue weighted by molar-refractivity contribution is 7.14. The van der Waals surface area contributed by atoms with E-state index in [1.165, 1.54) is 0 Å².